The lowest BCUT2D eigenvalue weighted by Gasteiger charge is -2.34. The Labute approximate surface area is 74.1 Å². The monoisotopic (exact) mass is 170 g/mol. The lowest BCUT2D eigenvalue weighted by molar-refractivity contribution is -0.0957. The smallest absolute Gasteiger partial charge is 0.0730 e. The van der Waals surface area contributed by atoms with Crippen molar-refractivity contribution in [2.75, 3.05) is 13.2 Å². The van der Waals surface area contributed by atoms with Gasteiger partial charge in [-0.15, -0.1) is 0 Å². The normalized spacial score (nSPS) is 39.4. The Kier molecular flexibility index (Phi) is 3.56. The van der Waals surface area contributed by atoms with E-state index in [9.17, 15) is 5.11 Å². The van der Waals surface area contributed by atoms with Crippen LogP contribution in [0, 0.1) is 5.92 Å². The maximum Gasteiger partial charge on any atom is 0.0730 e. The van der Waals surface area contributed by atoms with Crippen LogP contribution in [-0.4, -0.2) is 43.5 Å². The highest BCUT2D eigenvalue weighted by Crippen LogP contribution is 2.25. The molecule has 0 aliphatic carbocycles. The molecule has 0 aromatic carbocycles. The number of rotatable bonds is 2. The molecule has 2 N–H and O–H groups in total. The van der Waals surface area contributed by atoms with Crippen LogP contribution in [0.5, 0.6) is 0 Å². The van der Waals surface area contributed by atoms with Crippen LogP contribution < -0.4 is 0 Å². The number of hydrogen-bond donors (Lipinski definition) is 2. The minimum Gasteiger partial charge on any atom is -0.396 e. The summed E-state index contributed by atoms with van der Waals surface area (Å²) in [6.07, 6.45) is -0.00866. The summed E-state index contributed by atoms with van der Waals surface area (Å²) in [6.45, 7) is 2.24. The molecule has 1 fully saturated rings. The molecule has 68 valence electrons. The summed E-state index contributed by atoms with van der Waals surface area (Å²) in [7, 11) is 5.62. The largest absolute Gasteiger partial charge is 0.396 e. The van der Waals surface area contributed by atoms with Crippen molar-refractivity contribution >= 4 is 7.85 Å². The standard InChI is InChI=1S/C8H15BO3/c1-5(9)8-2-7(11)6(3-10)4-12-8/h5-8,10-11H,2-4H2,1H3. The summed E-state index contributed by atoms with van der Waals surface area (Å²) in [5.74, 6) is -0.195. The molecule has 4 heteroatoms. The second-order valence-electron chi connectivity index (χ2n) is 3.48. The SMILES string of the molecule is [B]C(C)C1CC(O)C(CO)CO1. The van der Waals surface area contributed by atoms with E-state index in [1.54, 1.807) is 0 Å². The highest BCUT2D eigenvalue weighted by Gasteiger charge is 2.30. The van der Waals surface area contributed by atoms with Gasteiger partial charge in [0.2, 0.25) is 0 Å². The van der Waals surface area contributed by atoms with Crippen molar-refractivity contribution in [2.45, 2.75) is 31.4 Å². The molecule has 0 saturated carbocycles. The van der Waals surface area contributed by atoms with Crippen LogP contribution in [0.25, 0.3) is 0 Å². The Morgan fingerprint density at radius 1 is 1.67 bits per heavy atom. The van der Waals surface area contributed by atoms with Gasteiger partial charge in [-0.2, -0.15) is 0 Å². The van der Waals surface area contributed by atoms with Gasteiger partial charge in [-0.05, 0) is 6.42 Å². The zero-order valence-corrected chi connectivity index (χ0v) is 7.31. The minimum atomic E-state index is -0.472. The molecule has 2 radical (unpaired) electrons. The molecule has 1 heterocycles. The first-order valence-corrected chi connectivity index (χ1v) is 4.31. The van der Waals surface area contributed by atoms with Gasteiger partial charge in [-0.3, -0.25) is 0 Å². The molecular weight excluding hydrogens is 155 g/mol. The van der Waals surface area contributed by atoms with Crippen molar-refractivity contribution in [3.8, 4) is 0 Å². The summed E-state index contributed by atoms with van der Waals surface area (Å²) in [4.78, 5) is 0. The zero-order chi connectivity index (χ0) is 9.14. The van der Waals surface area contributed by atoms with E-state index in [4.69, 9.17) is 17.7 Å². The van der Waals surface area contributed by atoms with Crippen molar-refractivity contribution in [3.05, 3.63) is 0 Å². The van der Waals surface area contributed by atoms with E-state index < -0.39 is 6.10 Å². The number of aliphatic hydroxyl groups excluding tert-OH is 2. The molecule has 1 aliphatic rings. The summed E-state index contributed by atoms with van der Waals surface area (Å²) < 4.78 is 5.37. The molecule has 0 amide bonds. The first-order chi connectivity index (χ1) is 5.65. The molecule has 0 aromatic heterocycles. The summed E-state index contributed by atoms with van der Waals surface area (Å²) in [5, 5.41) is 18.3. The molecule has 0 spiro atoms. The maximum atomic E-state index is 9.49. The Morgan fingerprint density at radius 3 is 2.75 bits per heavy atom. The van der Waals surface area contributed by atoms with Crippen LogP contribution >= 0.6 is 0 Å². The fourth-order valence-corrected chi connectivity index (χ4v) is 1.40. The van der Waals surface area contributed by atoms with Gasteiger partial charge in [0, 0.05) is 5.92 Å². The van der Waals surface area contributed by atoms with Crippen LogP contribution in [0.1, 0.15) is 13.3 Å². The predicted molar refractivity (Wildman–Crippen MR) is 46.1 cm³/mol. The van der Waals surface area contributed by atoms with Gasteiger partial charge < -0.3 is 14.9 Å². The minimum absolute atomic E-state index is 0.0210. The Bertz CT molecular complexity index is 140. The van der Waals surface area contributed by atoms with Gasteiger partial charge in [0.1, 0.15) is 0 Å². The molecule has 1 rings (SSSR count). The van der Waals surface area contributed by atoms with Crippen molar-refractivity contribution in [1.82, 2.24) is 0 Å². The average molecular weight is 170 g/mol. The molecule has 12 heavy (non-hydrogen) atoms. The first-order valence-electron chi connectivity index (χ1n) is 4.31. The highest BCUT2D eigenvalue weighted by atomic mass is 16.5. The third-order valence-corrected chi connectivity index (χ3v) is 2.36. The molecule has 4 unspecified atom stereocenters. The predicted octanol–water partition coefficient (Wildman–Crippen LogP) is -0.278. The lowest BCUT2D eigenvalue weighted by Crippen LogP contribution is -2.40. The average Bonchev–Trinajstić information content (AvgIpc) is 2.04. The molecule has 4 atom stereocenters. The second-order valence-corrected chi connectivity index (χ2v) is 3.48. The van der Waals surface area contributed by atoms with Crippen molar-refractivity contribution in [3.63, 3.8) is 0 Å². The van der Waals surface area contributed by atoms with Gasteiger partial charge in [-0.1, -0.05) is 12.7 Å². The topological polar surface area (TPSA) is 49.7 Å². The quantitative estimate of drug-likeness (QED) is 0.560. The van der Waals surface area contributed by atoms with Crippen LogP contribution in [0.15, 0.2) is 0 Å². The number of aliphatic hydroxyl groups is 2. The summed E-state index contributed by atoms with van der Waals surface area (Å²) in [6, 6.07) is 0. The molecule has 1 saturated heterocycles. The molecule has 0 bridgehead atoms. The van der Waals surface area contributed by atoms with E-state index in [-0.39, 0.29) is 24.4 Å². The van der Waals surface area contributed by atoms with E-state index in [1.165, 1.54) is 0 Å². The van der Waals surface area contributed by atoms with E-state index in [0.29, 0.717) is 13.0 Å². The van der Waals surface area contributed by atoms with Crippen LogP contribution in [0.2, 0.25) is 5.82 Å². The molecular formula is C8H15BO3. The van der Waals surface area contributed by atoms with Gasteiger partial charge in [0.15, 0.2) is 0 Å². The van der Waals surface area contributed by atoms with Crippen LogP contribution in [0.4, 0.5) is 0 Å². The fourth-order valence-electron chi connectivity index (χ4n) is 1.40. The Balaban J connectivity index is 2.40. The summed E-state index contributed by atoms with van der Waals surface area (Å²) in [5.41, 5.74) is 0. The molecule has 1 aliphatic heterocycles. The zero-order valence-electron chi connectivity index (χ0n) is 7.31. The number of ether oxygens (including phenoxy) is 1. The van der Waals surface area contributed by atoms with Gasteiger partial charge in [0.05, 0.1) is 33.3 Å². The van der Waals surface area contributed by atoms with Gasteiger partial charge in [0.25, 0.3) is 0 Å². The van der Waals surface area contributed by atoms with Gasteiger partial charge in [-0.25, -0.2) is 0 Å². The molecule has 3 nitrogen and oxygen atoms in total. The maximum absolute atomic E-state index is 9.49. The van der Waals surface area contributed by atoms with E-state index in [1.807, 2.05) is 6.92 Å². The van der Waals surface area contributed by atoms with E-state index in [0.717, 1.165) is 0 Å². The van der Waals surface area contributed by atoms with E-state index >= 15 is 0 Å². The number of hydrogen-bond acceptors (Lipinski definition) is 3. The van der Waals surface area contributed by atoms with E-state index in [2.05, 4.69) is 0 Å². The van der Waals surface area contributed by atoms with Crippen LogP contribution in [0.3, 0.4) is 0 Å². The third-order valence-electron chi connectivity index (χ3n) is 2.36. The Hall–Kier alpha value is -0.0551. The second kappa shape index (κ2) is 4.26. The first kappa shape index (κ1) is 10.0. The third kappa shape index (κ3) is 2.22. The van der Waals surface area contributed by atoms with Gasteiger partial charge >= 0.3 is 0 Å². The van der Waals surface area contributed by atoms with Crippen LogP contribution in [-0.2, 0) is 4.74 Å². The van der Waals surface area contributed by atoms with Crippen molar-refractivity contribution < 1.29 is 14.9 Å². The summed E-state index contributed by atoms with van der Waals surface area (Å²) >= 11 is 0. The Morgan fingerprint density at radius 2 is 2.33 bits per heavy atom. The molecule has 0 aromatic rings. The van der Waals surface area contributed by atoms with Crippen molar-refractivity contribution in [2.24, 2.45) is 5.92 Å². The highest BCUT2D eigenvalue weighted by molar-refractivity contribution is 6.11. The van der Waals surface area contributed by atoms with Crippen molar-refractivity contribution in [1.29, 1.82) is 0 Å². The lowest BCUT2D eigenvalue weighted by atomic mass is 9.79. The fraction of sp³-hybridized carbons (Fsp3) is 1.00.